The van der Waals surface area contributed by atoms with Crippen LogP contribution in [0.25, 0.3) is 0 Å². The Bertz CT molecular complexity index is 363. The van der Waals surface area contributed by atoms with E-state index in [1.165, 1.54) is 0 Å². The Labute approximate surface area is 113 Å². The van der Waals surface area contributed by atoms with Crippen LogP contribution < -0.4 is 10.1 Å². The van der Waals surface area contributed by atoms with Gasteiger partial charge in [-0.25, -0.2) is 0 Å². The molecule has 0 unspecified atom stereocenters. The molecule has 1 aromatic carbocycles. The fourth-order valence-electron chi connectivity index (χ4n) is 1.47. The zero-order valence-corrected chi connectivity index (χ0v) is 11.7. The number of hydrogen-bond acceptors (Lipinski definition) is 2. The second-order valence-electron chi connectivity index (χ2n) is 4.63. The third-order valence-corrected chi connectivity index (χ3v) is 2.72. The van der Waals surface area contributed by atoms with Crippen molar-refractivity contribution in [3.05, 3.63) is 29.3 Å². The van der Waals surface area contributed by atoms with Gasteiger partial charge < -0.3 is 10.1 Å². The third kappa shape index (κ3) is 6.50. The molecule has 0 aliphatic carbocycles. The molecule has 1 N–H and O–H groups in total. The zero-order chi connectivity index (χ0) is 13.4. The molecule has 0 saturated carbocycles. The summed E-state index contributed by atoms with van der Waals surface area (Å²) in [6.45, 7) is 5.10. The molecule has 3 nitrogen and oxygen atoms in total. The smallest absolute Gasteiger partial charge is 0.257 e. The van der Waals surface area contributed by atoms with E-state index in [9.17, 15) is 4.79 Å². The highest BCUT2D eigenvalue weighted by Crippen LogP contribution is 2.15. The van der Waals surface area contributed by atoms with Crippen LogP contribution in [0.2, 0.25) is 5.02 Å². The topological polar surface area (TPSA) is 38.3 Å². The van der Waals surface area contributed by atoms with E-state index in [0.717, 1.165) is 12.8 Å². The quantitative estimate of drug-likeness (QED) is 0.772. The minimum atomic E-state index is -0.0892. The molecule has 0 atom stereocenters. The van der Waals surface area contributed by atoms with Crippen molar-refractivity contribution in [3.63, 3.8) is 0 Å². The van der Waals surface area contributed by atoms with Gasteiger partial charge in [-0.05, 0) is 43.0 Å². The summed E-state index contributed by atoms with van der Waals surface area (Å²) in [7, 11) is 0. The van der Waals surface area contributed by atoms with Crippen molar-refractivity contribution < 1.29 is 9.53 Å². The van der Waals surface area contributed by atoms with Gasteiger partial charge in [-0.15, -0.1) is 0 Å². The molecular weight excluding hydrogens is 250 g/mol. The molecule has 0 heterocycles. The van der Waals surface area contributed by atoms with Crippen molar-refractivity contribution in [1.29, 1.82) is 0 Å². The number of carbonyl (C=O) groups excluding carboxylic acids is 1. The monoisotopic (exact) mass is 269 g/mol. The normalized spacial score (nSPS) is 10.4. The average molecular weight is 270 g/mol. The first kappa shape index (κ1) is 14.8. The van der Waals surface area contributed by atoms with Crippen molar-refractivity contribution in [1.82, 2.24) is 5.32 Å². The fourth-order valence-corrected chi connectivity index (χ4v) is 1.59. The molecule has 0 aromatic heterocycles. The SMILES string of the molecule is CC(C)CCCNC(=O)COc1ccc(Cl)cc1. The first-order valence-electron chi connectivity index (χ1n) is 6.23. The van der Waals surface area contributed by atoms with E-state index in [4.69, 9.17) is 16.3 Å². The Hall–Kier alpha value is -1.22. The molecule has 18 heavy (non-hydrogen) atoms. The van der Waals surface area contributed by atoms with Crippen LogP contribution in [0.15, 0.2) is 24.3 Å². The number of nitrogens with one attached hydrogen (secondary N) is 1. The summed E-state index contributed by atoms with van der Waals surface area (Å²) in [5, 5.41) is 3.48. The molecule has 0 spiro atoms. The molecule has 4 heteroatoms. The highest BCUT2D eigenvalue weighted by atomic mass is 35.5. The van der Waals surface area contributed by atoms with E-state index in [-0.39, 0.29) is 12.5 Å². The molecule has 100 valence electrons. The number of amides is 1. The summed E-state index contributed by atoms with van der Waals surface area (Å²) in [6, 6.07) is 6.96. The van der Waals surface area contributed by atoms with Gasteiger partial charge in [-0.3, -0.25) is 4.79 Å². The van der Waals surface area contributed by atoms with Crippen LogP contribution in [0.4, 0.5) is 0 Å². The first-order chi connectivity index (χ1) is 8.58. The van der Waals surface area contributed by atoms with Gasteiger partial charge in [-0.2, -0.15) is 0 Å². The first-order valence-corrected chi connectivity index (χ1v) is 6.61. The summed E-state index contributed by atoms with van der Waals surface area (Å²) < 4.78 is 5.33. The van der Waals surface area contributed by atoms with E-state index >= 15 is 0 Å². The molecule has 0 radical (unpaired) electrons. The Morgan fingerprint density at radius 2 is 2.00 bits per heavy atom. The number of hydrogen-bond donors (Lipinski definition) is 1. The van der Waals surface area contributed by atoms with Crippen molar-refractivity contribution >= 4 is 17.5 Å². The van der Waals surface area contributed by atoms with E-state index in [2.05, 4.69) is 19.2 Å². The van der Waals surface area contributed by atoms with Crippen molar-refractivity contribution in [2.75, 3.05) is 13.2 Å². The van der Waals surface area contributed by atoms with Crippen LogP contribution in [-0.4, -0.2) is 19.1 Å². The second kappa shape index (κ2) is 7.98. The second-order valence-corrected chi connectivity index (χ2v) is 5.07. The van der Waals surface area contributed by atoms with Crippen molar-refractivity contribution in [3.8, 4) is 5.75 Å². The molecule has 0 aliphatic rings. The maximum absolute atomic E-state index is 11.5. The number of carbonyl (C=O) groups is 1. The molecule has 0 aliphatic heterocycles. The lowest BCUT2D eigenvalue weighted by molar-refractivity contribution is -0.123. The molecule has 1 rings (SSSR count). The van der Waals surface area contributed by atoms with Crippen LogP contribution in [0.5, 0.6) is 5.75 Å². The van der Waals surface area contributed by atoms with Gasteiger partial charge in [0.2, 0.25) is 0 Å². The van der Waals surface area contributed by atoms with Crippen LogP contribution >= 0.6 is 11.6 Å². The van der Waals surface area contributed by atoms with E-state index in [0.29, 0.717) is 23.2 Å². The maximum atomic E-state index is 11.5. The Balaban J connectivity index is 2.15. The van der Waals surface area contributed by atoms with Gasteiger partial charge in [0.15, 0.2) is 6.61 Å². The number of ether oxygens (including phenoxy) is 1. The summed E-state index contributed by atoms with van der Waals surface area (Å²) in [6.07, 6.45) is 2.13. The summed E-state index contributed by atoms with van der Waals surface area (Å²) in [5.41, 5.74) is 0. The van der Waals surface area contributed by atoms with Crippen LogP contribution in [-0.2, 0) is 4.79 Å². The Kier molecular flexibility index (Phi) is 6.58. The van der Waals surface area contributed by atoms with E-state index in [1.807, 2.05) is 0 Å². The third-order valence-electron chi connectivity index (χ3n) is 2.46. The Morgan fingerprint density at radius 3 is 2.61 bits per heavy atom. The van der Waals surface area contributed by atoms with Gasteiger partial charge >= 0.3 is 0 Å². The largest absolute Gasteiger partial charge is 0.484 e. The van der Waals surface area contributed by atoms with Crippen LogP contribution in [0.1, 0.15) is 26.7 Å². The number of rotatable bonds is 7. The van der Waals surface area contributed by atoms with Crippen LogP contribution in [0.3, 0.4) is 0 Å². The lowest BCUT2D eigenvalue weighted by Crippen LogP contribution is -2.29. The van der Waals surface area contributed by atoms with E-state index in [1.54, 1.807) is 24.3 Å². The standard InChI is InChI=1S/C14H20ClNO2/c1-11(2)4-3-9-16-14(17)10-18-13-7-5-12(15)6-8-13/h5-8,11H,3-4,9-10H2,1-2H3,(H,16,17). The lowest BCUT2D eigenvalue weighted by Gasteiger charge is -2.08. The zero-order valence-electron chi connectivity index (χ0n) is 10.9. The molecule has 1 amide bonds. The van der Waals surface area contributed by atoms with Crippen molar-refractivity contribution in [2.45, 2.75) is 26.7 Å². The molecule has 1 aromatic rings. The lowest BCUT2D eigenvalue weighted by atomic mass is 10.1. The minimum Gasteiger partial charge on any atom is -0.484 e. The summed E-state index contributed by atoms with van der Waals surface area (Å²) >= 11 is 5.75. The van der Waals surface area contributed by atoms with Gasteiger partial charge in [0.1, 0.15) is 5.75 Å². The van der Waals surface area contributed by atoms with Gasteiger partial charge in [-0.1, -0.05) is 25.4 Å². The maximum Gasteiger partial charge on any atom is 0.257 e. The summed E-state index contributed by atoms with van der Waals surface area (Å²) in [5.74, 6) is 1.23. The molecule has 0 bridgehead atoms. The number of halogens is 1. The van der Waals surface area contributed by atoms with Gasteiger partial charge in [0, 0.05) is 11.6 Å². The average Bonchev–Trinajstić information content (AvgIpc) is 2.34. The van der Waals surface area contributed by atoms with Gasteiger partial charge in [0.05, 0.1) is 0 Å². The molecular formula is C14H20ClNO2. The van der Waals surface area contributed by atoms with Crippen molar-refractivity contribution in [2.24, 2.45) is 5.92 Å². The van der Waals surface area contributed by atoms with Gasteiger partial charge in [0.25, 0.3) is 5.91 Å². The molecule has 0 saturated heterocycles. The minimum absolute atomic E-state index is 0.0450. The van der Waals surface area contributed by atoms with E-state index < -0.39 is 0 Å². The molecule has 0 fully saturated rings. The number of benzene rings is 1. The Morgan fingerprint density at radius 1 is 1.33 bits per heavy atom. The highest BCUT2D eigenvalue weighted by Gasteiger charge is 2.02. The van der Waals surface area contributed by atoms with Crippen LogP contribution in [0, 0.1) is 5.92 Å². The summed E-state index contributed by atoms with van der Waals surface area (Å²) in [4.78, 5) is 11.5. The highest BCUT2D eigenvalue weighted by molar-refractivity contribution is 6.30. The predicted molar refractivity (Wildman–Crippen MR) is 74.0 cm³/mol. The predicted octanol–water partition coefficient (Wildman–Crippen LogP) is 3.27. The fraction of sp³-hybridized carbons (Fsp3) is 0.500.